The standard InChI is InChI=1S/C20H21N3O4S/c1-23(12-14-6-5-11-28-14)18(24)13-27-19(25)10-4-9-17-21-16-8-3-2-7-15(16)20(26)22-17/h2-3,5-8,11H,4,9-10,12-13H2,1H3,(H,21,22,26). The number of hydrogen-bond donors (Lipinski definition) is 1. The maximum atomic E-state index is 12.0. The van der Waals surface area contributed by atoms with Crippen LogP contribution in [-0.2, 0) is 27.3 Å². The van der Waals surface area contributed by atoms with E-state index in [0.717, 1.165) is 4.88 Å². The molecule has 2 heterocycles. The van der Waals surface area contributed by atoms with Crippen LogP contribution in [0.1, 0.15) is 23.5 Å². The van der Waals surface area contributed by atoms with Gasteiger partial charge < -0.3 is 14.6 Å². The molecule has 0 aliphatic heterocycles. The lowest BCUT2D eigenvalue weighted by molar-refractivity contribution is -0.151. The van der Waals surface area contributed by atoms with E-state index in [1.807, 2.05) is 23.6 Å². The molecule has 8 heteroatoms. The highest BCUT2D eigenvalue weighted by molar-refractivity contribution is 7.09. The van der Waals surface area contributed by atoms with Crippen molar-refractivity contribution in [3.05, 3.63) is 62.8 Å². The number of esters is 1. The Morgan fingerprint density at radius 3 is 2.82 bits per heavy atom. The van der Waals surface area contributed by atoms with Crippen molar-refractivity contribution in [3.8, 4) is 0 Å². The Labute approximate surface area is 166 Å². The van der Waals surface area contributed by atoms with Gasteiger partial charge in [0.05, 0.1) is 17.4 Å². The number of aryl methyl sites for hydroxylation is 1. The Balaban J connectivity index is 1.42. The SMILES string of the molecule is CN(Cc1cccs1)C(=O)COC(=O)CCCc1nc2ccccc2c(=O)[nH]1. The van der Waals surface area contributed by atoms with Gasteiger partial charge in [-0.1, -0.05) is 18.2 Å². The molecule has 0 radical (unpaired) electrons. The van der Waals surface area contributed by atoms with Crippen LogP contribution in [-0.4, -0.2) is 40.4 Å². The summed E-state index contributed by atoms with van der Waals surface area (Å²) in [5.74, 6) is -0.161. The molecule has 3 aromatic rings. The number of fused-ring (bicyclic) bond motifs is 1. The second kappa shape index (κ2) is 9.27. The maximum Gasteiger partial charge on any atom is 0.306 e. The van der Waals surface area contributed by atoms with Crippen LogP contribution in [0.2, 0.25) is 0 Å². The van der Waals surface area contributed by atoms with Gasteiger partial charge in [-0.25, -0.2) is 4.98 Å². The topological polar surface area (TPSA) is 92.4 Å². The van der Waals surface area contributed by atoms with Crippen LogP contribution in [0.15, 0.2) is 46.6 Å². The Kier molecular flexibility index (Phi) is 6.54. The smallest absolute Gasteiger partial charge is 0.306 e. The second-order valence-corrected chi connectivity index (χ2v) is 7.41. The van der Waals surface area contributed by atoms with E-state index in [4.69, 9.17) is 4.74 Å². The first-order valence-electron chi connectivity index (χ1n) is 8.93. The fraction of sp³-hybridized carbons (Fsp3) is 0.300. The van der Waals surface area contributed by atoms with Gasteiger partial charge in [0.25, 0.3) is 11.5 Å². The van der Waals surface area contributed by atoms with E-state index >= 15 is 0 Å². The number of aromatic amines is 1. The third kappa shape index (κ3) is 5.26. The molecule has 146 valence electrons. The van der Waals surface area contributed by atoms with E-state index in [2.05, 4.69) is 9.97 Å². The predicted molar refractivity (Wildman–Crippen MR) is 107 cm³/mol. The number of rotatable bonds is 8. The van der Waals surface area contributed by atoms with E-state index in [9.17, 15) is 14.4 Å². The molecule has 7 nitrogen and oxygen atoms in total. The second-order valence-electron chi connectivity index (χ2n) is 6.37. The molecule has 0 saturated carbocycles. The number of thiophene rings is 1. The molecule has 2 aromatic heterocycles. The van der Waals surface area contributed by atoms with Crippen molar-refractivity contribution >= 4 is 34.1 Å². The van der Waals surface area contributed by atoms with E-state index in [-0.39, 0.29) is 24.5 Å². The normalized spacial score (nSPS) is 10.8. The quantitative estimate of drug-likeness (QED) is 0.588. The lowest BCUT2D eigenvalue weighted by Gasteiger charge is -2.16. The molecule has 0 aliphatic carbocycles. The molecule has 3 rings (SSSR count). The van der Waals surface area contributed by atoms with Crippen molar-refractivity contribution < 1.29 is 14.3 Å². The van der Waals surface area contributed by atoms with Gasteiger partial charge in [0, 0.05) is 24.8 Å². The zero-order chi connectivity index (χ0) is 19.9. The number of amides is 1. The maximum absolute atomic E-state index is 12.0. The number of benzene rings is 1. The Hall–Kier alpha value is -3.00. The molecule has 0 saturated heterocycles. The van der Waals surface area contributed by atoms with Crippen LogP contribution in [0, 0.1) is 0 Å². The molecule has 0 atom stereocenters. The van der Waals surface area contributed by atoms with Gasteiger partial charge in [0.15, 0.2) is 6.61 Å². The van der Waals surface area contributed by atoms with Crippen molar-refractivity contribution in [1.29, 1.82) is 0 Å². The van der Waals surface area contributed by atoms with E-state index < -0.39 is 5.97 Å². The highest BCUT2D eigenvalue weighted by Gasteiger charge is 2.13. The highest BCUT2D eigenvalue weighted by Crippen LogP contribution is 2.11. The molecule has 1 amide bonds. The molecular weight excluding hydrogens is 378 g/mol. The number of carbonyl (C=O) groups is 2. The lowest BCUT2D eigenvalue weighted by atomic mass is 10.2. The van der Waals surface area contributed by atoms with Crippen LogP contribution in [0.5, 0.6) is 0 Å². The minimum absolute atomic E-state index is 0.151. The van der Waals surface area contributed by atoms with Crippen LogP contribution >= 0.6 is 11.3 Å². The van der Waals surface area contributed by atoms with Gasteiger partial charge in [-0.05, 0) is 30.0 Å². The number of nitrogens with one attached hydrogen (secondary N) is 1. The number of para-hydroxylation sites is 1. The zero-order valence-electron chi connectivity index (χ0n) is 15.5. The van der Waals surface area contributed by atoms with E-state index in [1.54, 1.807) is 36.6 Å². The third-order valence-electron chi connectivity index (χ3n) is 4.21. The molecule has 0 spiro atoms. The summed E-state index contributed by atoms with van der Waals surface area (Å²) in [6.45, 7) is 0.223. The van der Waals surface area contributed by atoms with Gasteiger partial charge in [-0.3, -0.25) is 14.4 Å². The summed E-state index contributed by atoms with van der Waals surface area (Å²) in [5.41, 5.74) is 0.436. The number of aromatic nitrogens is 2. The first-order valence-corrected chi connectivity index (χ1v) is 9.81. The number of nitrogens with zero attached hydrogens (tertiary/aromatic N) is 2. The molecule has 0 bridgehead atoms. The number of carbonyl (C=O) groups excluding carboxylic acids is 2. The number of likely N-dealkylation sites (N-methyl/N-ethyl adjacent to an activating group) is 1. The predicted octanol–water partition coefficient (Wildman–Crippen LogP) is 2.51. The van der Waals surface area contributed by atoms with Gasteiger partial charge in [-0.2, -0.15) is 0 Å². The van der Waals surface area contributed by atoms with E-state index in [1.165, 1.54) is 4.90 Å². The van der Waals surface area contributed by atoms with Gasteiger partial charge in [0.1, 0.15) is 5.82 Å². The Morgan fingerprint density at radius 1 is 1.21 bits per heavy atom. The molecular formula is C20H21N3O4S. The summed E-state index contributed by atoms with van der Waals surface area (Å²) in [6.07, 6.45) is 1.07. The average Bonchev–Trinajstić information content (AvgIpc) is 3.19. The monoisotopic (exact) mass is 399 g/mol. The summed E-state index contributed by atoms with van der Waals surface area (Å²) in [7, 11) is 1.68. The molecule has 0 aliphatic rings. The third-order valence-corrected chi connectivity index (χ3v) is 5.07. The summed E-state index contributed by atoms with van der Waals surface area (Å²) in [4.78, 5) is 45.7. The number of hydrogen-bond acceptors (Lipinski definition) is 6. The van der Waals surface area contributed by atoms with E-state index in [0.29, 0.717) is 36.1 Å². The molecule has 0 unspecified atom stereocenters. The zero-order valence-corrected chi connectivity index (χ0v) is 16.3. The molecule has 28 heavy (non-hydrogen) atoms. The summed E-state index contributed by atoms with van der Waals surface area (Å²) in [5, 5.41) is 2.49. The van der Waals surface area contributed by atoms with Crippen LogP contribution in [0.3, 0.4) is 0 Å². The highest BCUT2D eigenvalue weighted by atomic mass is 32.1. The van der Waals surface area contributed by atoms with Crippen molar-refractivity contribution in [3.63, 3.8) is 0 Å². The molecule has 1 aromatic carbocycles. The molecule has 0 fully saturated rings. The summed E-state index contributed by atoms with van der Waals surface area (Å²) >= 11 is 1.57. The van der Waals surface area contributed by atoms with Crippen molar-refractivity contribution in [1.82, 2.24) is 14.9 Å². The summed E-state index contributed by atoms with van der Waals surface area (Å²) < 4.78 is 5.06. The molecule has 1 N–H and O–H groups in total. The average molecular weight is 399 g/mol. The largest absolute Gasteiger partial charge is 0.456 e. The number of H-pyrrole nitrogens is 1. The van der Waals surface area contributed by atoms with Gasteiger partial charge >= 0.3 is 5.97 Å². The Bertz CT molecular complexity index is 1010. The first kappa shape index (κ1) is 19.8. The fourth-order valence-corrected chi connectivity index (χ4v) is 3.46. The van der Waals surface area contributed by atoms with Crippen LogP contribution < -0.4 is 5.56 Å². The van der Waals surface area contributed by atoms with Gasteiger partial charge in [-0.15, -0.1) is 11.3 Å². The lowest BCUT2D eigenvalue weighted by Crippen LogP contribution is -2.30. The van der Waals surface area contributed by atoms with Crippen molar-refractivity contribution in [2.45, 2.75) is 25.8 Å². The summed E-state index contributed by atoms with van der Waals surface area (Å²) in [6, 6.07) is 11.0. The van der Waals surface area contributed by atoms with Crippen molar-refractivity contribution in [2.24, 2.45) is 0 Å². The van der Waals surface area contributed by atoms with Crippen molar-refractivity contribution in [2.75, 3.05) is 13.7 Å². The fourth-order valence-electron chi connectivity index (χ4n) is 2.70. The van der Waals surface area contributed by atoms with Crippen LogP contribution in [0.25, 0.3) is 10.9 Å². The minimum Gasteiger partial charge on any atom is -0.456 e. The number of ether oxygens (including phenoxy) is 1. The van der Waals surface area contributed by atoms with Crippen LogP contribution in [0.4, 0.5) is 0 Å². The first-order chi connectivity index (χ1) is 13.5. The Morgan fingerprint density at radius 2 is 2.04 bits per heavy atom. The minimum atomic E-state index is -0.444. The van der Waals surface area contributed by atoms with Gasteiger partial charge in [0.2, 0.25) is 0 Å².